The molecule has 0 spiro atoms. The van der Waals surface area contributed by atoms with Crippen LogP contribution in [0.15, 0.2) is 0 Å². The molecule has 4 nitrogen and oxygen atoms in total. The van der Waals surface area contributed by atoms with Gasteiger partial charge in [-0.05, 0) is 25.3 Å². The highest BCUT2D eigenvalue weighted by Gasteiger charge is 2.13. The van der Waals surface area contributed by atoms with Crippen LogP contribution < -0.4 is 5.32 Å². The first-order valence-corrected chi connectivity index (χ1v) is 6.20. The first-order chi connectivity index (χ1) is 8.78. The maximum absolute atomic E-state index is 9.27. The highest BCUT2D eigenvalue weighted by Crippen LogP contribution is 2.19. The van der Waals surface area contributed by atoms with Crippen molar-refractivity contribution < 1.29 is 0 Å². The molecule has 1 rings (SSSR count). The Morgan fingerprint density at radius 3 is 2.56 bits per heavy atom. The molecule has 18 heavy (non-hydrogen) atoms. The van der Waals surface area contributed by atoms with E-state index in [-0.39, 0.29) is 0 Å². The highest BCUT2D eigenvalue weighted by molar-refractivity contribution is 5.56. The van der Waals surface area contributed by atoms with E-state index in [4.69, 9.17) is 0 Å². The normalized spacial score (nSPS) is 9.22. The molecule has 0 saturated carbocycles. The van der Waals surface area contributed by atoms with E-state index in [1.54, 1.807) is 0 Å². The van der Waals surface area contributed by atoms with Gasteiger partial charge in [0.05, 0.1) is 5.69 Å². The Kier molecular flexibility index (Phi) is 5.67. The lowest BCUT2D eigenvalue weighted by molar-refractivity contribution is 0.869. The third-order valence-electron chi connectivity index (χ3n) is 2.68. The minimum absolute atomic E-state index is 0.574. The smallest absolute Gasteiger partial charge is 0.166 e. The van der Waals surface area contributed by atoms with Gasteiger partial charge in [0.15, 0.2) is 5.82 Å². The number of nitriles is 1. The molecule has 0 aromatic carbocycles. The molecular formula is C14H18N4. The Labute approximate surface area is 108 Å². The highest BCUT2D eigenvalue weighted by atomic mass is 15.2. The van der Waals surface area contributed by atoms with Crippen LogP contribution in [-0.2, 0) is 12.8 Å². The number of hydrogen-bond donors (Lipinski definition) is 1. The summed E-state index contributed by atoms with van der Waals surface area (Å²) in [4.78, 5) is 0. The van der Waals surface area contributed by atoms with Crippen molar-refractivity contribution >= 4 is 5.82 Å². The molecule has 0 aliphatic carbocycles. The minimum atomic E-state index is 0.574. The van der Waals surface area contributed by atoms with Gasteiger partial charge >= 0.3 is 0 Å². The number of hydrogen-bond acceptors (Lipinski definition) is 4. The Balaban J connectivity index is 2.97. The average molecular weight is 242 g/mol. The summed E-state index contributed by atoms with van der Waals surface area (Å²) in [6.07, 6.45) is 2.33. The Bertz CT molecular complexity index is 503. The lowest BCUT2D eigenvalue weighted by Crippen LogP contribution is -2.10. The molecule has 0 bridgehead atoms. The van der Waals surface area contributed by atoms with E-state index < -0.39 is 0 Å². The van der Waals surface area contributed by atoms with Crippen molar-refractivity contribution in [1.82, 2.24) is 10.2 Å². The van der Waals surface area contributed by atoms with Gasteiger partial charge in [0.2, 0.25) is 0 Å². The van der Waals surface area contributed by atoms with Gasteiger partial charge < -0.3 is 5.32 Å². The Hall–Kier alpha value is -2.07. The fourth-order valence-corrected chi connectivity index (χ4v) is 1.79. The number of rotatable bonds is 5. The summed E-state index contributed by atoms with van der Waals surface area (Å²) in [5.41, 5.74) is 2.53. The van der Waals surface area contributed by atoms with Gasteiger partial charge in [-0.3, -0.25) is 0 Å². The summed E-state index contributed by atoms with van der Waals surface area (Å²) < 4.78 is 0. The number of aryl methyl sites for hydroxylation is 1. The average Bonchev–Trinajstić information content (AvgIpc) is 2.42. The van der Waals surface area contributed by atoms with Gasteiger partial charge in [0, 0.05) is 13.0 Å². The molecule has 94 valence electrons. The van der Waals surface area contributed by atoms with Crippen LogP contribution in [0.5, 0.6) is 0 Å². The fraction of sp³-hybridized carbons (Fsp3) is 0.500. The van der Waals surface area contributed by atoms with Gasteiger partial charge in [-0.2, -0.15) is 10.4 Å². The number of nitrogens with one attached hydrogen (secondary N) is 1. The maximum Gasteiger partial charge on any atom is 0.166 e. The van der Waals surface area contributed by atoms with Crippen LogP contribution in [0.4, 0.5) is 5.82 Å². The van der Waals surface area contributed by atoms with E-state index in [1.807, 2.05) is 20.8 Å². The van der Waals surface area contributed by atoms with E-state index in [9.17, 15) is 5.26 Å². The molecule has 0 unspecified atom stereocenters. The third kappa shape index (κ3) is 3.21. The first kappa shape index (κ1) is 14.0. The van der Waals surface area contributed by atoms with Crippen molar-refractivity contribution in [2.45, 2.75) is 40.0 Å². The molecule has 1 N–H and O–H groups in total. The quantitative estimate of drug-likeness (QED) is 0.635. The number of nitrogens with zero attached hydrogens (tertiary/aromatic N) is 3. The molecule has 1 heterocycles. The molecule has 4 heteroatoms. The summed E-state index contributed by atoms with van der Waals surface area (Å²) in [6, 6.07) is 2.23. The van der Waals surface area contributed by atoms with Gasteiger partial charge in [-0.15, -0.1) is 16.9 Å². The first-order valence-electron chi connectivity index (χ1n) is 6.20. The summed E-state index contributed by atoms with van der Waals surface area (Å²) in [7, 11) is 0. The van der Waals surface area contributed by atoms with E-state index in [0.717, 1.165) is 30.5 Å². The molecule has 0 atom stereocenters. The predicted molar refractivity (Wildman–Crippen MR) is 72.1 cm³/mol. The fourth-order valence-electron chi connectivity index (χ4n) is 1.79. The summed E-state index contributed by atoms with van der Waals surface area (Å²) in [6.45, 7) is 6.54. The monoisotopic (exact) mass is 242 g/mol. The standard InChI is InChI=1S/C14H18N4/c1-4-7-8-9-16-14-12(10-15)11(5-2)13(6-3)17-18-14/h5-6,8-9H2,1-3H3,(H,16,18). The SMILES string of the molecule is CC#CCCNc1nnc(CC)c(CC)c1C#N. The van der Waals surface area contributed by atoms with Gasteiger partial charge in [-0.1, -0.05) is 13.8 Å². The Morgan fingerprint density at radius 1 is 1.22 bits per heavy atom. The minimum Gasteiger partial charge on any atom is -0.367 e. The van der Waals surface area contributed by atoms with Crippen molar-refractivity contribution in [3.05, 3.63) is 16.8 Å². The molecule has 1 aromatic heterocycles. The molecule has 1 aromatic rings. The molecular weight excluding hydrogens is 224 g/mol. The van der Waals surface area contributed by atoms with E-state index >= 15 is 0 Å². The second kappa shape index (κ2) is 7.29. The molecule has 0 radical (unpaired) electrons. The summed E-state index contributed by atoms with van der Waals surface area (Å²) in [5.74, 6) is 6.37. The summed E-state index contributed by atoms with van der Waals surface area (Å²) in [5, 5.41) is 20.7. The molecule has 0 aliphatic rings. The van der Waals surface area contributed by atoms with Crippen LogP contribution in [0.2, 0.25) is 0 Å². The Morgan fingerprint density at radius 2 is 2.00 bits per heavy atom. The predicted octanol–water partition coefficient (Wildman–Crippen LogP) is 2.30. The molecule has 0 amide bonds. The van der Waals surface area contributed by atoms with Crippen molar-refractivity contribution in [3.63, 3.8) is 0 Å². The van der Waals surface area contributed by atoms with Crippen molar-refractivity contribution in [2.24, 2.45) is 0 Å². The van der Waals surface area contributed by atoms with E-state index in [1.165, 1.54) is 0 Å². The second-order valence-corrected chi connectivity index (χ2v) is 3.77. The third-order valence-corrected chi connectivity index (χ3v) is 2.68. The zero-order valence-corrected chi connectivity index (χ0v) is 11.2. The lowest BCUT2D eigenvalue weighted by atomic mass is 10.0. The van der Waals surface area contributed by atoms with Crippen LogP contribution in [-0.4, -0.2) is 16.7 Å². The van der Waals surface area contributed by atoms with Crippen molar-refractivity contribution in [1.29, 1.82) is 5.26 Å². The topological polar surface area (TPSA) is 61.6 Å². The largest absolute Gasteiger partial charge is 0.367 e. The van der Waals surface area contributed by atoms with E-state index in [0.29, 0.717) is 17.9 Å². The lowest BCUT2D eigenvalue weighted by Gasteiger charge is -2.11. The van der Waals surface area contributed by atoms with Gasteiger partial charge in [0.1, 0.15) is 11.6 Å². The van der Waals surface area contributed by atoms with E-state index in [2.05, 4.69) is 33.4 Å². The number of aromatic nitrogens is 2. The van der Waals surface area contributed by atoms with Crippen LogP contribution in [0, 0.1) is 23.2 Å². The number of anilines is 1. The van der Waals surface area contributed by atoms with Crippen LogP contribution in [0.25, 0.3) is 0 Å². The second-order valence-electron chi connectivity index (χ2n) is 3.77. The van der Waals surface area contributed by atoms with Crippen molar-refractivity contribution in [3.8, 4) is 17.9 Å². The van der Waals surface area contributed by atoms with Crippen LogP contribution in [0.3, 0.4) is 0 Å². The molecule has 0 fully saturated rings. The van der Waals surface area contributed by atoms with Crippen LogP contribution >= 0.6 is 0 Å². The van der Waals surface area contributed by atoms with Crippen molar-refractivity contribution in [2.75, 3.05) is 11.9 Å². The zero-order valence-electron chi connectivity index (χ0n) is 11.2. The molecule has 0 aliphatic heterocycles. The van der Waals surface area contributed by atoms with Gasteiger partial charge in [-0.25, -0.2) is 0 Å². The maximum atomic E-state index is 9.27. The zero-order chi connectivity index (χ0) is 13.4. The van der Waals surface area contributed by atoms with Gasteiger partial charge in [0.25, 0.3) is 0 Å². The van der Waals surface area contributed by atoms with Crippen LogP contribution in [0.1, 0.15) is 44.0 Å². The summed E-state index contributed by atoms with van der Waals surface area (Å²) >= 11 is 0. The molecule has 0 saturated heterocycles.